The molecule has 2 amide bonds. The van der Waals surface area contributed by atoms with Gasteiger partial charge in [-0.15, -0.1) is 0 Å². The van der Waals surface area contributed by atoms with Crippen molar-refractivity contribution in [2.45, 2.75) is 38.1 Å². The van der Waals surface area contributed by atoms with E-state index in [0.717, 1.165) is 9.87 Å². The third kappa shape index (κ3) is 7.82. The lowest BCUT2D eigenvalue weighted by Crippen LogP contribution is -2.52. The van der Waals surface area contributed by atoms with Crippen LogP contribution in [0.2, 0.25) is 5.02 Å². The van der Waals surface area contributed by atoms with Crippen molar-refractivity contribution in [1.29, 1.82) is 0 Å². The zero-order valence-corrected chi connectivity index (χ0v) is 23.5. The molecule has 0 aliphatic carbocycles. The topological polar surface area (TPSA) is 86.8 Å². The fraction of sp³-hybridized carbons (Fsp3) is 0.310. The highest BCUT2D eigenvalue weighted by atomic mass is 35.5. The van der Waals surface area contributed by atoms with Crippen LogP contribution in [-0.2, 0) is 26.0 Å². The van der Waals surface area contributed by atoms with E-state index in [1.165, 1.54) is 17.0 Å². The lowest BCUT2D eigenvalue weighted by Gasteiger charge is -2.32. The highest BCUT2D eigenvalue weighted by Gasteiger charge is 2.32. The van der Waals surface area contributed by atoms with E-state index in [2.05, 4.69) is 5.32 Å². The van der Waals surface area contributed by atoms with Gasteiger partial charge in [-0.2, -0.15) is 0 Å². The third-order valence-corrected chi connectivity index (χ3v) is 8.10. The second kappa shape index (κ2) is 13.4. The molecular weight excluding hydrogens is 522 g/mol. The molecule has 0 saturated carbocycles. The van der Waals surface area contributed by atoms with Crippen LogP contribution in [0, 0.1) is 5.92 Å². The van der Waals surface area contributed by atoms with E-state index in [4.69, 9.17) is 11.6 Å². The number of halogens is 1. The van der Waals surface area contributed by atoms with Gasteiger partial charge < -0.3 is 10.2 Å². The van der Waals surface area contributed by atoms with Gasteiger partial charge in [0, 0.05) is 18.1 Å². The Morgan fingerprint density at radius 2 is 1.45 bits per heavy atom. The SMILES string of the molecule is CC(C)CNC(=O)[C@H](C)N(CCc1ccccc1)C(=O)CN(c1ccc(Cl)cc1)S(=O)(=O)c1ccccc1. The van der Waals surface area contributed by atoms with Gasteiger partial charge in [0.25, 0.3) is 10.0 Å². The summed E-state index contributed by atoms with van der Waals surface area (Å²) in [6.45, 7) is 5.89. The van der Waals surface area contributed by atoms with Crippen molar-refractivity contribution < 1.29 is 18.0 Å². The first-order chi connectivity index (χ1) is 18.1. The molecule has 0 aromatic heterocycles. The van der Waals surface area contributed by atoms with Crippen LogP contribution in [0.3, 0.4) is 0 Å². The molecule has 0 heterocycles. The first-order valence-electron chi connectivity index (χ1n) is 12.5. The van der Waals surface area contributed by atoms with Gasteiger partial charge in [0.05, 0.1) is 10.6 Å². The number of hydrogen-bond donors (Lipinski definition) is 1. The highest BCUT2D eigenvalue weighted by molar-refractivity contribution is 7.92. The number of amides is 2. The summed E-state index contributed by atoms with van der Waals surface area (Å²) in [4.78, 5) is 28.3. The summed E-state index contributed by atoms with van der Waals surface area (Å²) in [5.41, 5.74) is 1.30. The summed E-state index contributed by atoms with van der Waals surface area (Å²) in [6, 6.07) is 23.0. The monoisotopic (exact) mass is 555 g/mol. The maximum Gasteiger partial charge on any atom is 0.264 e. The number of benzene rings is 3. The molecule has 1 N–H and O–H groups in total. The molecule has 0 radical (unpaired) electrons. The maximum atomic E-state index is 13.8. The van der Waals surface area contributed by atoms with Crippen molar-refractivity contribution in [2.75, 3.05) is 23.9 Å². The molecule has 0 spiro atoms. The van der Waals surface area contributed by atoms with E-state index in [0.29, 0.717) is 23.7 Å². The molecule has 38 heavy (non-hydrogen) atoms. The van der Waals surface area contributed by atoms with Gasteiger partial charge in [0.2, 0.25) is 11.8 Å². The number of sulfonamides is 1. The van der Waals surface area contributed by atoms with Crippen molar-refractivity contribution in [1.82, 2.24) is 10.2 Å². The Morgan fingerprint density at radius 1 is 0.868 bits per heavy atom. The molecule has 0 aliphatic heterocycles. The zero-order valence-electron chi connectivity index (χ0n) is 21.9. The minimum absolute atomic E-state index is 0.0568. The smallest absolute Gasteiger partial charge is 0.264 e. The van der Waals surface area contributed by atoms with E-state index in [-0.39, 0.29) is 23.3 Å². The summed E-state index contributed by atoms with van der Waals surface area (Å²) < 4.78 is 28.4. The van der Waals surface area contributed by atoms with Crippen molar-refractivity contribution >= 4 is 39.1 Å². The van der Waals surface area contributed by atoms with E-state index < -0.39 is 28.5 Å². The van der Waals surface area contributed by atoms with Gasteiger partial charge in [-0.25, -0.2) is 8.42 Å². The van der Waals surface area contributed by atoms with Crippen LogP contribution in [0.15, 0.2) is 89.8 Å². The van der Waals surface area contributed by atoms with Crippen LogP contribution < -0.4 is 9.62 Å². The largest absolute Gasteiger partial charge is 0.354 e. The molecule has 3 aromatic carbocycles. The third-order valence-electron chi connectivity index (χ3n) is 6.06. The molecule has 1 atom stereocenters. The van der Waals surface area contributed by atoms with Gasteiger partial charge in [0.15, 0.2) is 0 Å². The van der Waals surface area contributed by atoms with Crippen LogP contribution in [0.5, 0.6) is 0 Å². The zero-order chi connectivity index (χ0) is 27.7. The fourth-order valence-corrected chi connectivity index (χ4v) is 5.44. The second-order valence-corrected chi connectivity index (χ2v) is 11.7. The Balaban J connectivity index is 1.94. The number of nitrogens with one attached hydrogen (secondary N) is 1. The Hall–Kier alpha value is -3.36. The summed E-state index contributed by atoms with van der Waals surface area (Å²) in [5.74, 6) is -0.525. The van der Waals surface area contributed by atoms with Crippen molar-refractivity contribution in [3.63, 3.8) is 0 Å². The Labute approximate surface area is 230 Å². The molecule has 0 fully saturated rings. The number of carbonyl (C=O) groups is 2. The van der Waals surface area contributed by atoms with E-state index in [9.17, 15) is 18.0 Å². The van der Waals surface area contributed by atoms with Gasteiger partial charge in [0.1, 0.15) is 12.6 Å². The van der Waals surface area contributed by atoms with Crippen LogP contribution in [0.1, 0.15) is 26.3 Å². The minimum Gasteiger partial charge on any atom is -0.354 e. The predicted molar refractivity (Wildman–Crippen MR) is 152 cm³/mol. The van der Waals surface area contributed by atoms with E-state index >= 15 is 0 Å². The summed E-state index contributed by atoms with van der Waals surface area (Å²) in [6.07, 6.45) is 0.515. The standard InChI is InChI=1S/C29H34ClN3O4S/c1-22(2)20-31-29(35)23(3)32(19-18-24-10-6-4-7-11-24)28(34)21-33(26-16-14-25(30)15-17-26)38(36,37)27-12-8-5-9-13-27/h4-17,22-23H,18-21H2,1-3H3,(H,31,35)/t23-/m0/s1. The van der Waals surface area contributed by atoms with Crippen LogP contribution in [0.4, 0.5) is 5.69 Å². The highest BCUT2D eigenvalue weighted by Crippen LogP contribution is 2.25. The lowest BCUT2D eigenvalue weighted by molar-refractivity contribution is -0.138. The number of rotatable bonds is 12. The van der Waals surface area contributed by atoms with E-state index in [1.54, 1.807) is 49.4 Å². The molecule has 0 aliphatic rings. The van der Waals surface area contributed by atoms with Gasteiger partial charge in [-0.05, 0) is 61.2 Å². The van der Waals surface area contributed by atoms with Crippen molar-refractivity contribution in [3.05, 3.63) is 95.5 Å². The average Bonchev–Trinajstić information content (AvgIpc) is 2.92. The normalized spacial score (nSPS) is 12.1. The summed E-state index contributed by atoms with van der Waals surface area (Å²) in [5, 5.41) is 3.33. The molecule has 3 aromatic rings. The molecule has 9 heteroatoms. The van der Waals surface area contributed by atoms with Gasteiger partial charge in [-0.1, -0.05) is 74.0 Å². The Bertz CT molecular complexity index is 1300. The molecule has 7 nitrogen and oxygen atoms in total. The van der Waals surface area contributed by atoms with Crippen molar-refractivity contribution in [2.24, 2.45) is 5.92 Å². The van der Waals surface area contributed by atoms with Crippen molar-refractivity contribution in [3.8, 4) is 0 Å². The second-order valence-electron chi connectivity index (χ2n) is 9.44. The lowest BCUT2D eigenvalue weighted by atomic mass is 10.1. The molecule has 3 rings (SSSR count). The van der Waals surface area contributed by atoms with Gasteiger partial charge >= 0.3 is 0 Å². The van der Waals surface area contributed by atoms with Crippen LogP contribution in [0.25, 0.3) is 0 Å². The van der Waals surface area contributed by atoms with Gasteiger partial charge in [-0.3, -0.25) is 13.9 Å². The number of anilines is 1. The summed E-state index contributed by atoms with van der Waals surface area (Å²) in [7, 11) is -4.09. The number of hydrogen-bond acceptors (Lipinski definition) is 4. The quantitative estimate of drug-likeness (QED) is 0.349. The number of carbonyl (C=O) groups excluding carboxylic acids is 2. The molecular formula is C29H34ClN3O4S. The first kappa shape index (κ1) is 29.2. The Kier molecular flexibility index (Phi) is 10.3. The molecule has 202 valence electrons. The van der Waals surface area contributed by atoms with Crippen LogP contribution in [-0.4, -0.2) is 50.8 Å². The van der Waals surface area contributed by atoms with Crippen LogP contribution >= 0.6 is 11.6 Å². The average molecular weight is 556 g/mol. The Morgan fingerprint density at radius 3 is 2.03 bits per heavy atom. The van der Waals surface area contributed by atoms with E-state index in [1.807, 2.05) is 44.2 Å². The number of nitrogens with zero attached hydrogens (tertiary/aromatic N) is 2. The molecule has 0 unspecified atom stereocenters. The minimum atomic E-state index is -4.09. The molecule has 0 bridgehead atoms. The summed E-state index contributed by atoms with van der Waals surface area (Å²) >= 11 is 6.04. The first-order valence-corrected chi connectivity index (χ1v) is 14.4. The molecule has 0 saturated heterocycles. The maximum absolute atomic E-state index is 13.8. The fourth-order valence-electron chi connectivity index (χ4n) is 3.88. The predicted octanol–water partition coefficient (Wildman–Crippen LogP) is 4.77.